The summed E-state index contributed by atoms with van der Waals surface area (Å²) in [4.78, 5) is 32.3. The molecule has 0 radical (unpaired) electrons. The summed E-state index contributed by atoms with van der Waals surface area (Å²) in [5.41, 5.74) is 0. The zero-order valence-electron chi connectivity index (χ0n) is 17.5. The van der Waals surface area contributed by atoms with Gasteiger partial charge in [0.1, 0.15) is 0 Å². The van der Waals surface area contributed by atoms with Gasteiger partial charge in [-0.2, -0.15) is 0 Å². The van der Waals surface area contributed by atoms with E-state index in [0.717, 1.165) is 58.7 Å². The van der Waals surface area contributed by atoms with Gasteiger partial charge in [0.05, 0.1) is 6.04 Å². The van der Waals surface area contributed by atoms with Crippen molar-refractivity contribution in [2.75, 3.05) is 45.8 Å². The van der Waals surface area contributed by atoms with Crippen molar-refractivity contribution in [3.05, 3.63) is 0 Å². The van der Waals surface area contributed by atoms with Gasteiger partial charge in [0.15, 0.2) is 6.23 Å². The molecule has 0 spiro atoms. The van der Waals surface area contributed by atoms with Crippen LogP contribution in [0.5, 0.6) is 0 Å². The van der Waals surface area contributed by atoms with Gasteiger partial charge in [-0.3, -0.25) is 14.6 Å². The molecule has 8 heteroatoms. The Bertz CT molecular complexity index is 542. The molecular weight excluding hydrogens is 360 g/mol. The number of ether oxygens (including phenoxy) is 1. The molecule has 0 aromatic carbocycles. The molecule has 0 bridgehead atoms. The minimum Gasteiger partial charge on any atom is -0.481 e. The maximum atomic E-state index is 12.6. The van der Waals surface area contributed by atoms with E-state index in [4.69, 9.17) is 9.84 Å². The number of rotatable bonds is 7. The monoisotopic (exact) mass is 396 g/mol. The second kappa shape index (κ2) is 9.41. The van der Waals surface area contributed by atoms with E-state index in [9.17, 15) is 9.59 Å². The first-order valence-electron chi connectivity index (χ1n) is 10.8. The fourth-order valence-corrected chi connectivity index (χ4v) is 4.80. The van der Waals surface area contributed by atoms with E-state index in [-0.39, 0.29) is 30.8 Å². The number of aliphatic carboxylic acids is 1. The van der Waals surface area contributed by atoms with Crippen molar-refractivity contribution in [1.29, 1.82) is 0 Å². The fourth-order valence-electron chi connectivity index (χ4n) is 4.80. The van der Waals surface area contributed by atoms with Gasteiger partial charge in [-0.1, -0.05) is 0 Å². The van der Waals surface area contributed by atoms with Crippen LogP contribution in [0.15, 0.2) is 0 Å². The summed E-state index contributed by atoms with van der Waals surface area (Å²) in [6.07, 6.45) is 2.61. The van der Waals surface area contributed by atoms with E-state index >= 15 is 0 Å². The molecule has 28 heavy (non-hydrogen) atoms. The van der Waals surface area contributed by atoms with Gasteiger partial charge in [-0.25, -0.2) is 4.79 Å². The number of amides is 1. The number of cyclic esters (lactones) is 1. The summed E-state index contributed by atoms with van der Waals surface area (Å²) in [5.74, 6) is -0.732. The third-order valence-electron chi connectivity index (χ3n) is 6.54. The number of nitrogens with zero attached hydrogens (tertiary/aromatic N) is 4. The normalized spacial score (nSPS) is 28.9. The van der Waals surface area contributed by atoms with Crippen molar-refractivity contribution in [3.63, 3.8) is 0 Å². The Labute approximate surface area is 168 Å². The number of piperazine rings is 1. The summed E-state index contributed by atoms with van der Waals surface area (Å²) in [6, 6.07) is 0.907. The molecule has 1 N–H and O–H groups in total. The summed E-state index contributed by atoms with van der Waals surface area (Å²) in [5, 5.41) is 8.77. The van der Waals surface area contributed by atoms with Crippen molar-refractivity contribution < 1.29 is 19.4 Å². The van der Waals surface area contributed by atoms with Gasteiger partial charge in [0.2, 0.25) is 0 Å². The molecule has 3 aliphatic heterocycles. The fraction of sp³-hybridized carbons (Fsp3) is 0.900. The van der Waals surface area contributed by atoms with Crippen LogP contribution >= 0.6 is 0 Å². The Morgan fingerprint density at radius 1 is 1.14 bits per heavy atom. The van der Waals surface area contributed by atoms with Crippen LogP contribution in [0.3, 0.4) is 0 Å². The highest BCUT2D eigenvalue weighted by Crippen LogP contribution is 2.29. The number of carbonyl (C=O) groups excluding carboxylic acids is 1. The Morgan fingerprint density at radius 2 is 1.79 bits per heavy atom. The van der Waals surface area contributed by atoms with Gasteiger partial charge in [0.25, 0.3) is 0 Å². The van der Waals surface area contributed by atoms with E-state index in [1.807, 2.05) is 4.90 Å². The predicted octanol–water partition coefficient (Wildman–Crippen LogP) is 1.51. The SMILES string of the molecule is CC(C)N1CCC(N2C(=O)OC(N3CCN(CCCC(=O)O)CC3)C2C)CC1. The maximum Gasteiger partial charge on any atom is 0.412 e. The first-order valence-corrected chi connectivity index (χ1v) is 10.8. The maximum absolute atomic E-state index is 12.6. The van der Waals surface area contributed by atoms with Crippen LogP contribution in [0.4, 0.5) is 4.79 Å². The van der Waals surface area contributed by atoms with Crippen molar-refractivity contribution in [2.24, 2.45) is 0 Å². The van der Waals surface area contributed by atoms with Crippen LogP contribution in [0.2, 0.25) is 0 Å². The smallest absolute Gasteiger partial charge is 0.412 e. The van der Waals surface area contributed by atoms with Crippen molar-refractivity contribution in [3.8, 4) is 0 Å². The molecule has 160 valence electrons. The number of carbonyl (C=O) groups is 2. The first-order chi connectivity index (χ1) is 13.4. The number of likely N-dealkylation sites (tertiary alicyclic amines) is 1. The minimum atomic E-state index is -0.732. The van der Waals surface area contributed by atoms with Crippen LogP contribution in [0.1, 0.15) is 46.5 Å². The molecule has 3 saturated heterocycles. The predicted molar refractivity (Wildman–Crippen MR) is 106 cm³/mol. The average molecular weight is 397 g/mol. The number of carboxylic acid groups (broad SMARTS) is 1. The minimum absolute atomic E-state index is 0.0710. The Morgan fingerprint density at radius 3 is 2.36 bits per heavy atom. The largest absolute Gasteiger partial charge is 0.481 e. The van der Waals surface area contributed by atoms with Gasteiger partial charge < -0.3 is 19.6 Å². The number of piperidine rings is 1. The molecule has 3 aliphatic rings. The number of carboxylic acids is 1. The van der Waals surface area contributed by atoms with E-state index < -0.39 is 5.97 Å². The molecule has 3 heterocycles. The van der Waals surface area contributed by atoms with Crippen molar-refractivity contribution in [1.82, 2.24) is 19.6 Å². The lowest BCUT2D eigenvalue weighted by Gasteiger charge is -2.41. The molecule has 3 rings (SSSR count). The van der Waals surface area contributed by atoms with Crippen LogP contribution in [0, 0.1) is 0 Å². The van der Waals surface area contributed by atoms with Gasteiger partial charge >= 0.3 is 12.1 Å². The highest BCUT2D eigenvalue weighted by atomic mass is 16.6. The second-order valence-electron chi connectivity index (χ2n) is 8.66. The highest BCUT2D eigenvalue weighted by Gasteiger charge is 2.46. The van der Waals surface area contributed by atoms with Crippen molar-refractivity contribution >= 4 is 12.1 Å². The lowest BCUT2D eigenvalue weighted by molar-refractivity contribution is -0.137. The molecule has 0 aromatic rings. The van der Waals surface area contributed by atoms with E-state index in [2.05, 4.69) is 35.5 Å². The molecule has 3 fully saturated rings. The second-order valence-corrected chi connectivity index (χ2v) is 8.66. The van der Waals surface area contributed by atoms with Gasteiger partial charge in [-0.15, -0.1) is 0 Å². The number of hydrogen-bond donors (Lipinski definition) is 1. The molecule has 0 aromatic heterocycles. The Kier molecular flexibility index (Phi) is 7.17. The van der Waals surface area contributed by atoms with Crippen LogP contribution in [-0.4, -0.2) is 107 Å². The van der Waals surface area contributed by atoms with E-state index in [1.54, 1.807) is 0 Å². The van der Waals surface area contributed by atoms with E-state index in [1.165, 1.54) is 0 Å². The van der Waals surface area contributed by atoms with Gasteiger partial charge in [-0.05, 0) is 46.6 Å². The Balaban J connectivity index is 1.48. The van der Waals surface area contributed by atoms with E-state index in [0.29, 0.717) is 12.5 Å². The lowest BCUT2D eigenvalue weighted by atomic mass is 10.0. The molecule has 1 amide bonds. The third-order valence-corrected chi connectivity index (χ3v) is 6.54. The zero-order chi connectivity index (χ0) is 20.3. The average Bonchev–Trinajstić information content (AvgIpc) is 2.96. The van der Waals surface area contributed by atoms with Crippen LogP contribution < -0.4 is 0 Å². The molecule has 0 aliphatic carbocycles. The molecule has 2 atom stereocenters. The quantitative estimate of drug-likeness (QED) is 0.699. The summed E-state index contributed by atoms with van der Waals surface area (Å²) in [7, 11) is 0. The summed E-state index contributed by atoms with van der Waals surface area (Å²) < 4.78 is 5.80. The first kappa shape index (κ1) is 21.3. The van der Waals surface area contributed by atoms with Crippen LogP contribution in [0.25, 0.3) is 0 Å². The standard InChI is InChI=1S/C20H36N4O4/c1-15(2)22-9-6-17(7-10-22)24-16(3)19(28-20(24)27)23-13-11-21(12-14-23)8-4-5-18(25)26/h15-17,19H,4-14H2,1-3H3,(H,25,26). The Hall–Kier alpha value is -1.38. The zero-order valence-corrected chi connectivity index (χ0v) is 17.5. The van der Waals surface area contributed by atoms with Crippen molar-refractivity contribution in [2.45, 2.75) is 70.8 Å². The lowest BCUT2D eigenvalue weighted by Crippen LogP contribution is -2.55. The molecule has 8 nitrogen and oxygen atoms in total. The van der Waals surface area contributed by atoms with Crippen LogP contribution in [-0.2, 0) is 9.53 Å². The molecular formula is C20H36N4O4. The summed E-state index contributed by atoms with van der Waals surface area (Å²) in [6.45, 7) is 13.0. The molecule has 0 saturated carbocycles. The molecule has 2 unspecified atom stereocenters. The highest BCUT2D eigenvalue weighted by molar-refractivity contribution is 5.71. The topological polar surface area (TPSA) is 76.6 Å². The third kappa shape index (κ3) is 4.96. The summed E-state index contributed by atoms with van der Waals surface area (Å²) >= 11 is 0. The number of hydrogen-bond acceptors (Lipinski definition) is 6. The van der Waals surface area contributed by atoms with Gasteiger partial charge in [0, 0.05) is 57.8 Å².